The number of methoxy groups -OCH3 is 2. The average molecular weight is 473 g/mol. The van der Waals surface area contributed by atoms with Gasteiger partial charge in [-0.3, -0.25) is 4.79 Å². The van der Waals surface area contributed by atoms with E-state index in [4.69, 9.17) is 9.47 Å². The van der Waals surface area contributed by atoms with E-state index >= 15 is 0 Å². The number of aryl methyl sites for hydroxylation is 1. The Balaban J connectivity index is 1.48. The smallest absolute Gasteiger partial charge is 0.247 e. The number of rotatable bonds is 7. The molecule has 0 atom stereocenters. The molecule has 1 aliphatic rings. The number of fused-ring (bicyclic) bond motifs is 1. The molecule has 1 fully saturated rings. The molecule has 176 valence electrons. The molecule has 4 rings (SSSR count). The molecule has 33 heavy (non-hydrogen) atoms. The van der Waals surface area contributed by atoms with Crippen LogP contribution in [0.2, 0.25) is 0 Å². The van der Waals surface area contributed by atoms with E-state index < -0.39 is 10.0 Å². The predicted octanol–water partition coefficient (Wildman–Crippen LogP) is 2.15. The van der Waals surface area contributed by atoms with Crippen molar-refractivity contribution in [2.24, 2.45) is 0 Å². The number of para-hydroxylation sites is 2. The summed E-state index contributed by atoms with van der Waals surface area (Å²) in [6.45, 7) is 3.25. The number of sulfonamides is 1. The lowest BCUT2D eigenvalue weighted by Gasteiger charge is -2.34. The number of carbonyl (C=O) groups excluding carboxylic acids is 1. The van der Waals surface area contributed by atoms with Gasteiger partial charge in [0, 0.05) is 38.7 Å². The molecule has 1 aliphatic heterocycles. The molecule has 1 saturated heterocycles. The third-order valence-electron chi connectivity index (χ3n) is 5.92. The first-order valence-electron chi connectivity index (χ1n) is 10.8. The van der Waals surface area contributed by atoms with Crippen LogP contribution in [0.3, 0.4) is 0 Å². The second-order valence-electron chi connectivity index (χ2n) is 7.76. The maximum Gasteiger partial charge on any atom is 0.247 e. The minimum absolute atomic E-state index is 0.0520. The number of hydrogen-bond acceptors (Lipinski definition) is 6. The second-order valence-corrected chi connectivity index (χ2v) is 9.66. The lowest BCUT2D eigenvalue weighted by molar-refractivity contribution is -0.133. The number of imidazole rings is 1. The van der Waals surface area contributed by atoms with Crippen LogP contribution in [0.15, 0.2) is 47.4 Å². The topological polar surface area (TPSA) is 94.0 Å². The van der Waals surface area contributed by atoms with Crippen LogP contribution in [0.5, 0.6) is 11.5 Å². The largest absolute Gasteiger partial charge is 0.497 e. The lowest BCUT2D eigenvalue weighted by Crippen LogP contribution is -2.51. The van der Waals surface area contributed by atoms with Gasteiger partial charge in [-0.1, -0.05) is 19.1 Å². The van der Waals surface area contributed by atoms with Crippen LogP contribution in [0.4, 0.5) is 0 Å². The molecule has 9 nitrogen and oxygen atoms in total. The van der Waals surface area contributed by atoms with Crippen molar-refractivity contribution in [3.8, 4) is 11.5 Å². The summed E-state index contributed by atoms with van der Waals surface area (Å²) < 4.78 is 40.3. The normalized spacial score (nSPS) is 15.1. The van der Waals surface area contributed by atoms with Crippen molar-refractivity contribution >= 4 is 27.0 Å². The fourth-order valence-corrected chi connectivity index (χ4v) is 5.70. The summed E-state index contributed by atoms with van der Waals surface area (Å²) in [6, 6.07) is 12.4. The molecule has 1 aromatic heterocycles. The zero-order valence-corrected chi connectivity index (χ0v) is 19.8. The van der Waals surface area contributed by atoms with Gasteiger partial charge in [-0.2, -0.15) is 4.31 Å². The third-order valence-corrected chi connectivity index (χ3v) is 7.84. The highest BCUT2D eigenvalue weighted by Gasteiger charge is 2.32. The second kappa shape index (κ2) is 9.40. The molecule has 3 aromatic rings. The maximum absolute atomic E-state index is 13.3. The quantitative estimate of drug-likeness (QED) is 0.523. The van der Waals surface area contributed by atoms with E-state index in [0.717, 1.165) is 23.3 Å². The lowest BCUT2D eigenvalue weighted by atomic mass is 10.3. The predicted molar refractivity (Wildman–Crippen MR) is 124 cm³/mol. The highest BCUT2D eigenvalue weighted by Crippen LogP contribution is 2.31. The van der Waals surface area contributed by atoms with Crippen molar-refractivity contribution < 1.29 is 22.7 Å². The van der Waals surface area contributed by atoms with Crippen LogP contribution in [0, 0.1) is 0 Å². The van der Waals surface area contributed by atoms with Crippen LogP contribution in [-0.4, -0.2) is 73.5 Å². The molecular weight excluding hydrogens is 444 g/mol. The number of carbonyl (C=O) groups is 1. The molecule has 10 heteroatoms. The highest BCUT2D eigenvalue weighted by atomic mass is 32.2. The van der Waals surface area contributed by atoms with Gasteiger partial charge >= 0.3 is 0 Å². The van der Waals surface area contributed by atoms with Crippen molar-refractivity contribution in [3.63, 3.8) is 0 Å². The summed E-state index contributed by atoms with van der Waals surface area (Å²) >= 11 is 0. The number of aromatic nitrogens is 2. The van der Waals surface area contributed by atoms with Gasteiger partial charge in [0.05, 0.1) is 25.3 Å². The minimum Gasteiger partial charge on any atom is -0.497 e. The first kappa shape index (κ1) is 23.1. The minimum atomic E-state index is -3.80. The van der Waals surface area contributed by atoms with Gasteiger partial charge in [0.2, 0.25) is 15.9 Å². The van der Waals surface area contributed by atoms with Crippen molar-refractivity contribution in [3.05, 3.63) is 48.3 Å². The van der Waals surface area contributed by atoms with Crippen LogP contribution >= 0.6 is 0 Å². The number of amides is 1. The standard InChI is InChI=1S/C23H28N4O5S/c1-4-22-24-18-7-5-6-8-19(18)27(22)16-23(28)25-11-13-26(14-12-25)33(29,30)21-15-17(31-2)9-10-20(21)32-3/h5-10,15H,4,11-14,16H2,1-3H3. The summed E-state index contributed by atoms with van der Waals surface area (Å²) in [7, 11) is -0.886. The first-order chi connectivity index (χ1) is 15.9. The molecule has 2 heterocycles. The van der Waals surface area contributed by atoms with Gasteiger partial charge in [-0.25, -0.2) is 13.4 Å². The highest BCUT2D eigenvalue weighted by molar-refractivity contribution is 7.89. The van der Waals surface area contributed by atoms with E-state index in [-0.39, 0.29) is 36.2 Å². The van der Waals surface area contributed by atoms with Crippen LogP contribution < -0.4 is 9.47 Å². The third kappa shape index (κ3) is 4.40. The van der Waals surface area contributed by atoms with Gasteiger partial charge in [0.15, 0.2) is 0 Å². The molecule has 0 radical (unpaired) electrons. The van der Waals surface area contributed by atoms with Crippen molar-refractivity contribution in [2.45, 2.75) is 24.8 Å². The van der Waals surface area contributed by atoms with E-state index in [1.807, 2.05) is 35.8 Å². The molecule has 1 amide bonds. The molecular formula is C23H28N4O5S. The Morgan fingerprint density at radius 2 is 1.76 bits per heavy atom. The van der Waals surface area contributed by atoms with Gasteiger partial charge in [-0.05, 0) is 24.3 Å². The number of nitrogens with zero attached hydrogens (tertiary/aromatic N) is 4. The molecule has 0 aliphatic carbocycles. The monoisotopic (exact) mass is 472 g/mol. The zero-order chi connectivity index (χ0) is 23.6. The molecule has 2 aromatic carbocycles. The van der Waals surface area contributed by atoms with E-state index in [2.05, 4.69) is 4.98 Å². The Morgan fingerprint density at radius 3 is 2.42 bits per heavy atom. The summed E-state index contributed by atoms with van der Waals surface area (Å²) in [5, 5.41) is 0. The molecule has 0 bridgehead atoms. The van der Waals surface area contributed by atoms with Crippen LogP contribution in [0.25, 0.3) is 11.0 Å². The van der Waals surface area contributed by atoms with E-state index in [9.17, 15) is 13.2 Å². The first-order valence-corrected chi connectivity index (χ1v) is 12.3. The molecule has 0 spiro atoms. The van der Waals surface area contributed by atoms with Crippen LogP contribution in [-0.2, 0) is 27.8 Å². The van der Waals surface area contributed by atoms with Crippen molar-refractivity contribution in [1.82, 2.24) is 18.8 Å². The molecule has 0 N–H and O–H groups in total. The van der Waals surface area contributed by atoms with Crippen molar-refractivity contribution in [1.29, 1.82) is 0 Å². The number of ether oxygens (including phenoxy) is 2. The summed E-state index contributed by atoms with van der Waals surface area (Å²) in [6.07, 6.45) is 0.719. The molecule has 0 saturated carbocycles. The zero-order valence-electron chi connectivity index (χ0n) is 19.0. The van der Waals surface area contributed by atoms with Gasteiger partial charge in [0.25, 0.3) is 0 Å². The summed E-state index contributed by atoms with van der Waals surface area (Å²) in [5.41, 5.74) is 1.79. The SMILES string of the molecule is CCc1nc2ccccc2n1CC(=O)N1CCN(S(=O)(=O)c2cc(OC)ccc2OC)CC1. The Morgan fingerprint density at radius 1 is 1.03 bits per heavy atom. The Bertz CT molecular complexity index is 1260. The summed E-state index contributed by atoms with van der Waals surface area (Å²) in [5.74, 6) is 1.50. The summed E-state index contributed by atoms with van der Waals surface area (Å²) in [4.78, 5) is 19.4. The molecule has 0 unspecified atom stereocenters. The Hall–Kier alpha value is -3.11. The van der Waals surface area contributed by atoms with E-state index in [1.54, 1.807) is 17.0 Å². The average Bonchev–Trinajstić information content (AvgIpc) is 3.21. The maximum atomic E-state index is 13.3. The fourth-order valence-electron chi connectivity index (χ4n) is 4.11. The van der Waals surface area contributed by atoms with E-state index in [1.165, 1.54) is 24.6 Å². The number of benzene rings is 2. The Kier molecular flexibility index (Phi) is 6.57. The Labute approximate surface area is 193 Å². The van der Waals surface area contributed by atoms with Gasteiger partial charge < -0.3 is 18.9 Å². The van der Waals surface area contributed by atoms with E-state index in [0.29, 0.717) is 18.8 Å². The number of hydrogen-bond donors (Lipinski definition) is 0. The van der Waals surface area contributed by atoms with Gasteiger partial charge in [-0.15, -0.1) is 0 Å². The van der Waals surface area contributed by atoms with Crippen molar-refractivity contribution in [2.75, 3.05) is 40.4 Å². The number of piperazine rings is 1. The fraction of sp³-hybridized carbons (Fsp3) is 0.391. The van der Waals surface area contributed by atoms with Gasteiger partial charge in [0.1, 0.15) is 28.8 Å². The van der Waals surface area contributed by atoms with Crippen LogP contribution in [0.1, 0.15) is 12.7 Å².